The minimum absolute atomic E-state index is 0.0304. The molecule has 2 rings (SSSR count). The first-order chi connectivity index (χ1) is 9.18. The lowest BCUT2D eigenvalue weighted by Crippen LogP contribution is -2.53. The van der Waals surface area contributed by atoms with Crippen LogP contribution in [-0.4, -0.2) is 30.0 Å². The average Bonchev–Trinajstić information content (AvgIpc) is 2.39. The molecule has 1 aromatic carbocycles. The number of amides is 1. The summed E-state index contributed by atoms with van der Waals surface area (Å²) in [6, 6.07) is 11.7. The normalized spacial score (nSPS) is 16.0. The van der Waals surface area contributed by atoms with Gasteiger partial charge < -0.3 is 9.64 Å². The van der Waals surface area contributed by atoms with Crippen molar-refractivity contribution in [2.75, 3.05) is 13.7 Å². The van der Waals surface area contributed by atoms with E-state index in [0.29, 0.717) is 13.0 Å². The fourth-order valence-corrected chi connectivity index (χ4v) is 2.21. The molecule has 19 heavy (non-hydrogen) atoms. The third-order valence-corrected chi connectivity index (χ3v) is 3.73. The standard InChI is InChI=1S/C15H18N2O2/c1-17(15(12-16)9-5-10-15)14(18)8-11-19-13-6-3-2-4-7-13/h2-4,6-7H,5,8-11H2,1H3. The van der Waals surface area contributed by atoms with Crippen molar-refractivity contribution in [1.82, 2.24) is 4.90 Å². The summed E-state index contributed by atoms with van der Waals surface area (Å²) in [6.07, 6.45) is 2.89. The van der Waals surface area contributed by atoms with Crippen LogP contribution in [0.1, 0.15) is 25.7 Å². The average molecular weight is 258 g/mol. The number of nitrogens with zero attached hydrogens (tertiary/aromatic N) is 2. The summed E-state index contributed by atoms with van der Waals surface area (Å²) in [5.74, 6) is 0.730. The SMILES string of the molecule is CN(C(=O)CCOc1ccccc1)C1(C#N)CCC1. The van der Waals surface area contributed by atoms with Crippen LogP contribution >= 0.6 is 0 Å². The first-order valence-corrected chi connectivity index (χ1v) is 6.54. The Morgan fingerprint density at radius 2 is 2.11 bits per heavy atom. The summed E-state index contributed by atoms with van der Waals surface area (Å²) >= 11 is 0. The molecule has 1 aliphatic carbocycles. The van der Waals surface area contributed by atoms with Crippen LogP contribution in [0.4, 0.5) is 0 Å². The van der Waals surface area contributed by atoms with E-state index >= 15 is 0 Å². The summed E-state index contributed by atoms with van der Waals surface area (Å²) in [6.45, 7) is 0.342. The van der Waals surface area contributed by atoms with Gasteiger partial charge >= 0.3 is 0 Å². The number of ether oxygens (including phenoxy) is 1. The zero-order valence-corrected chi connectivity index (χ0v) is 11.1. The van der Waals surface area contributed by atoms with Gasteiger partial charge in [0.15, 0.2) is 0 Å². The maximum Gasteiger partial charge on any atom is 0.227 e. The van der Waals surface area contributed by atoms with Gasteiger partial charge in [-0.1, -0.05) is 18.2 Å². The minimum atomic E-state index is -0.566. The molecule has 0 radical (unpaired) electrons. The van der Waals surface area contributed by atoms with Gasteiger partial charge in [-0.25, -0.2) is 0 Å². The molecule has 0 aromatic heterocycles. The molecule has 1 aromatic rings. The van der Waals surface area contributed by atoms with Gasteiger partial charge in [0.25, 0.3) is 0 Å². The number of rotatable bonds is 5. The molecule has 0 heterocycles. The highest BCUT2D eigenvalue weighted by atomic mass is 16.5. The Balaban J connectivity index is 1.80. The lowest BCUT2D eigenvalue weighted by Gasteiger charge is -2.42. The topological polar surface area (TPSA) is 53.3 Å². The summed E-state index contributed by atoms with van der Waals surface area (Å²) < 4.78 is 5.49. The van der Waals surface area contributed by atoms with Crippen molar-refractivity contribution in [3.8, 4) is 11.8 Å². The lowest BCUT2D eigenvalue weighted by atomic mass is 9.76. The van der Waals surface area contributed by atoms with Crippen LogP contribution in [0.15, 0.2) is 30.3 Å². The summed E-state index contributed by atoms with van der Waals surface area (Å²) in [5.41, 5.74) is -0.566. The maximum absolute atomic E-state index is 12.0. The fourth-order valence-electron chi connectivity index (χ4n) is 2.21. The number of hydrogen-bond acceptors (Lipinski definition) is 3. The number of benzene rings is 1. The van der Waals surface area contributed by atoms with E-state index in [-0.39, 0.29) is 5.91 Å². The lowest BCUT2D eigenvalue weighted by molar-refractivity contribution is -0.136. The largest absolute Gasteiger partial charge is 0.493 e. The second-order valence-corrected chi connectivity index (χ2v) is 4.86. The molecule has 1 aliphatic rings. The first kappa shape index (κ1) is 13.4. The second-order valence-electron chi connectivity index (χ2n) is 4.86. The number of hydrogen-bond donors (Lipinski definition) is 0. The van der Waals surface area contributed by atoms with Gasteiger partial charge in [-0.05, 0) is 31.4 Å². The summed E-state index contributed by atoms with van der Waals surface area (Å²) in [5, 5.41) is 9.18. The quantitative estimate of drug-likeness (QED) is 0.814. The van der Waals surface area contributed by atoms with E-state index in [1.165, 1.54) is 0 Å². The Morgan fingerprint density at radius 1 is 1.42 bits per heavy atom. The smallest absolute Gasteiger partial charge is 0.227 e. The van der Waals surface area contributed by atoms with E-state index < -0.39 is 5.54 Å². The molecule has 0 spiro atoms. The number of para-hydroxylation sites is 1. The molecule has 0 N–H and O–H groups in total. The van der Waals surface area contributed by atoms with E-state index in [0.717, 1.165) is 25.0 Å². The molecular formula is C15H18N2O2. The molecule has 1 fully saturated rings. The molecule has 0 bridgehead atoms. The monoisotopic (exact) mass is 258 g/mol. The van der Waals surface area contributed by atoms with Crippen molar-refractivity contribution < 1.29 is 9.53 Å². The number of carbonyl (C=O) groups excluding carboxylic acids is 1. The Labute approximate surface area is 113 Å². The van der Waals surface area contributed by atoms with Gasteiger partial charge in [-0.2, -0.15) is 5.26 Å². The van der Waals surface area contributed by atoms with Gasteiger partial charge in [-0.15, -0.1) is 0 Å². The molecule has 0 saturated heterocycles. The van der Waals surface area contributed by atoms with Gasteiger partial charge in [0.2, 0.25) is 5.91 Å². The van der Waals surface area contributed by atoms with Crippen molar-refractivity contribution in [3.63, 3.8) is 0 Å². The van der Waals surface area contributed by atoms with Crippen molar-refractivity contribution in [3.05, 3.63) is 30.3 Å². The number of carbonyl (C=O) groups is 1. The van der Waals surface area contributed by atoms with E-state index in [1.807, 2.05) is 30.3 Å². The van der Waals surface area contributed by atoms with Crippen LogP contribution in [0.3, 0.4) is 0 Å². The zero-order chi connectivity index (χ0) is 13.7. The van der Waals surface area contributed by atoms with E-state index in [2.05, 4.69) is 6.07 Å². The van der Waals surface area contributed by atoms with Crippen LogP contribution in [0.25, 0.3) is 0 Å². The first-order valence-electron chi connectivity index (χ1n) is 6.54. The van der Waals surface area contributed by atoms with Gasteiger partial charge in [0.05, 0.1) is 19.1 Å². The van der Waals surface area contributed by atoms with E-state index in [9.17, 15) is 10.1 Å². The highest BCUT2D eigenvalue weighted by Crippen LogP contribution is 2.36. The molecule has 100 valence electrons. The second kappa shape index (κ2) is 5.75. The van der Waals surface area contributed by atoms with E-state index in [1.54, 1.807) is 11.9 Å². The highest BCUT2D eigenvalue weighted by Gasteiger charge is 2.43. The summed E-state index contributed by atoms with van der Waals surface area (Å²) in [4.78, 5) is 13.6. The molecule has 4 heteroatoms. The van der Waals surface area contributed by atoms with E-state index in [4.69, 9.17) is 4.74 Å². The zero-order valence-electron chi connectivity index (χ0n) is 11.1. The highest BCUT2D eigenvalue weighted by molar-refractivity contribution is 5.77. The third-order valence-electron chi connectivity index (χ3n) is 3.73. The molecule has 0 unspecified atom stereocenters. The summed E-state index contributed by atoms with van der Waals surface area (Å²) in [7, 11) is 1.72. The van der Waals surface area contributed by atoms with Crippen molar-refractivity contribution >= 4 is 5.91 Å². The van der Waals surface area contributed by atoms with Crippen LogP contribution in [0.2, 0.25) is 0 Å². The number of nitriles is 1. The fraction of sp³-hybridized carbons (Fsp3) is 0.467. The van der Waals surface area contributed by atoms with Gasteiger partial charge in [0, 0.05) is 7.05 Å². The Kier molecular flexibility index (Phi) is 4.06. The van der Waals surface area contributed by atoms with Gasteiger partial charge in [0.1, 0.15) is 11.3 Å². The van der Waals surface area contributed by atoms with Crippen molar-refractivity contribution in [2.24, 2.45) is 0 Å². The Bertz CT molecular complexity index is 475. The van der Waals surface area contributed by atoms with Crippen molar-refractivity contribution in [2.45, 2.75) is 31.2 Å². The van der Waals surface area contributed by atoms with Crippen LogP contribution in [0.5, 0.6) is 5.75 Å². The predicted molar refractivity (Wildman–Crippen MR) is 71.5 cm³/mol. The maximum atomic E-state index is 12.0. The molecule has 1 amide bonds. The molecule has 1 saturated carbocycles. The minimum Gasteiger partial charge on any atom is -0.493 e. The third kappa shape index (κ3) is 2.87. The van der Waals surface area contributed by atoms with Crippen LogP contribution in [0, 0.1) is 11.3 Å². The van der Waals surface area contributed by atoms with Crippen molar-refractivity contribution in [1.29, 1.82) is 5.26 Å². The Morgan fingerprint density at radius 3 is 2.63 bits per heavy atom. The van der Waals surface area contributed by atoms with Crippen LogP contribution < -0.4 is 4.74 Å². The Hall–Kier alpha value is -2.02. The molecule has 4 nitrogen and oxygen atoms in total. The molecule has 0 aliphatic heterocycles. The molecule has 0 atom stereocenters. The van der Waals surface area contributed by atoms with Gasteiger partial charge in [-0.3, -0.25) is 4.79 Å². The molecular weight excluding hydrogens is 240 g/mol. The predicted octanol–water partition coefficient (Wildman–Crippen LogP) is 2.36. The van der Waals surface area contributed by atoms with Crippen LogP contribution in [-0.2, 0) is 4.79 Å².